The molecule has 10 nitrogen and oxygen atoms in total. The van der Waals surface area contributed by atoms with Gasteiger partial charge in [0.25, 0.3) is 11.1 Å². The summed E-state index contributed by atoms with van der Waals surface area (Å²) in [5.74, 6) is 6.47. The smallest absolute Gasteiger partial charge is 0.332 e. The van der Waals surface area contributed by atoms with E-state index in [4.69, 9.17) is 10.7 Å². The first kappa shape index (κ1) is 23.0. The van der Waals surface area contributed by atoms with Crippen LogP contribution in [0.5, 0.6) is 0 Å². The number of imidazole rings is 1. The van der Waals surface area contributed by atoms with Crippen molar-refractivity contribution in [2.45, 2.75) is 38.9 Å². The Hall–Kier alpha value is -3.75. The number of hydrogen-bond donors (Lipinski definition) is 1. The van der Waals surface area contributed by atoms with Gasteiger partial charge in [0.2, 0.25) is 5.95 Å². The molecule has 1 fully saturated rings. The van der Waals surface area contributed by atoms with Crippen molar-refractivity contribution in [1.29, 1.82) is 0 Å². The van der Waals surface area contributed by atoms with Crippen LogP contribution in [-0.4, -0.2) is 42.8 Å². The number of benzene rings is 1. The molecule has 3 aromatic heterocycles. The van der Waals surface area contributed by atoms with Gasteiger partial charge in [-0.15, -0.1) is 17.3 Å². The van der Waals surface area contributed by atoms with Crippen LogP contribution in [0.1, 0.15) is 24.8 Å². The average molecular weight is 492 g/mol. The van der Waals surface area contributed by atoms with Gasteiger partial charge >= 0.3 is 5.69 Å². The molecule has 0 spiro atoms. The Morgan fingerprint density at radius 2 is 1.97 bits per heavy atom. The van der Waals surface area contributed by atoms with Gasteiger partial charge in [-0.2, -0.15) is 4.98 Å². The lowest BCUT2D eigenvalue weighted by molar-refractivity contribution is 0.496. The monoisotopic (exact) mass is 491 g/mol. The molecule has 180 valence electrons. The van der Waals surface area contributed by atoms with E-state index >= 15 is 0 Å². The van der Waals surface area contributed by atoms with E-state index in [0.29, 0.717) is 28.5 Å². The van der Waals surface area contributed by atoms with Gasteiger partial charge in [-0.25, -0.2) is 9.78 Å². The number of piperidine rings is 1. The van der Waals surface area contributed by atoms with Crippen molar-refractivity contribution in [2.24, 2.45) is 12.8 Å². The Kier molecular flexibility index (Phi) is 6.00. The first-order valence-electron chi connectivity index (χ1n) is 11.4. The van der Waals surface area contributed by atoms with Gasteiger partial charge in [-0.3, -0.25) is 23.3 Å². The Balaban J connectivity index is 1.70. The van der Waals surface area contributed by atoms with Crippen molar-refractivity contribution in [3.05, 3.63) is 60.5 Å². The maximum atomic E-state index is 13.7. The van der Waals surface area contributed by atoms with Crippen LogP contribution in [-0.2, 0) is 20.1 Å². The highest BCUT2D eigenvalue weighted by molar-refractivity contribution is 7.18. The van der Waals surface area contributed by atoms with Crippen molar-refractivity contribution in [3.8, 4) is 11.8 Å². The standard InChI is InChI=1S/C24H25N7O3S/c1-3-4-12-30-19-20(27-23(30)29-11-7-8-15(25)13-29)28(2)24(34)31(22(19)33)14-18-26-21(32)16-9-5-6-10-17(16)35-18/h5-6,9-10,15H,7-8,11-14,25H2,1-2H3. The van der Waals surface area contributed by atoms with E-state index in [-0.39, 0.29) is 30.2 Å². The molecule has 0 saturated carbocycles. The number of rotatable bonds is 4. The lowest BCUT2D eigenvalue weighted by atomic mass is 10.1. The predicted molar refractivity (Wildman–Crippen MR) is 137 cm³/mol. The molecule has 5 rings (SSSR count). The minimum atomic E-state index is -0.523. The van der Waals surface area contributed by atoms with E-state index < -0.39 is 11.2 Å². The van der Waals surface area contributed by atoms with Crippen molar-refractivity contribution in [1.82, 2.24) is 23.7 Å². The summed E-state index contributed by atoms with van der Waals surface area (Å²) in [6.45, 7) is 3.24. The summed E-state index contributed by atoms with van der Waals surface area (Å²) in [6, 6.07) is 7.16. The van der Waals surface area contributed by atoms with Crippen molar-refractivity contribution in [2.75, 3.05) is 18.0 Å². The number of hydrogen-bond acceptors (Lipinski definition) is 8. The number of anilines is 1. The van der Waals surface area contributed by atoms with Crippen molar-refractivity contribution in [3.63, 3.8) is 0 Å². The molecule has 0 aliphatic carbocycles. The highest BCUT2D eigenvalue weighted by Crippen LogP contribution is 2.23. The molecule has 0 radical (unpaired) electrons. The van der Waals surface area contributed by atoms with Crippen LogP contribution < -0.4 is 27.4 Å². The maximum Gasteiger partial charge on any atom is 0.332 e. The van der Waals surface area contributed by atoms with Crippen LogP contribution >= 0.6 is 11.3 Å². The third-order valence-corrected chi connectivity index (χ3v) is 7.26. The molecule has 4 aromatic rings. The third-order valence-electron chi connectivity index (χ3n) is 6.23. The van der Waals surface area contributed by atoms with Gasteiger partial charge in [-0.1, -0.05) is 18.1 Å². The lowest BCUT2D eigenvalue weighted by Crippen LogP contribution is -2.44. The largest absolute Gasteiger partial charge is 0.341 e. The molecule has 1 aromatic carbocycles. The minimum absolute atomic E-state index is 0.0106. The second-order valence-corrected chi connectivity index (χ2v) is 9.70. The molecular formula is C24H25N7O3S. The Bertz CT molecular complexity index is 1690. The Morgan fingerprint density at radius 1 is 1.17 bits per heavy atom. The van der Waals surface area contributed by atoms with Crippen LogP contribution in [0.25, 0.3) is 21.3 Å². The van der Waals surface area contributed by atoms with Gasteiger partial charge in [0.15, 0.2) is 11.2 Å². The van der Waals surface area contributed by atoms with Gasteiger partial charge in [-0.05, 0) is 31.9 Å². The zero-order valence-electron chi connectivity index (χ0n) is 19.5. The SMILES string of the molecule is CC#CCn1c(N2CCCC(N)C2)nc2c1c(=O)n(Cc1nc(=O)c3ccccc3s1)c(=O)n2C. The fraction of sp³-hybridized carbons (Fsp3) is 0.375. The van der Waals surface area contributed by atoms with Gasteiger partial charge < -0.3 is 10.6 Å². The average Bonchev–Trinajstić information content (AvgIpc) is 3.24. The number of fused-ring (bicyclic) bond motifs is 2. The number of nitrogens with two attached hydrogens (primary N) is 1. The summed E-state index contributed by atoms with van der Waals surface area (Å²) < 4.78 is 4.99. The van der Waals surface area contributed by atoms with E-state index in [1.807, 2.05) is 12.1 Å². The van der Waals surface area contributed by atoms with Gasteiger partial charge in [0.05, 0.1) is 18.5 Å². The maximum absolute atomic E-state index is 13.7. The molecule has 1 saturated heterocycles. The highest BCUT2D eigenvalue weighted by atomic mass is 32.1. The second kappa shape index (κ2) is 9.13. The summed E-state index contributed by atoms with van der Waals surface area (Å²) in [7, 11) is 1.59. The number of nitrogens with zero attached hydrogens (tertiary/aromatic N) is 6. The summed E-state index contributed by atoms with van der Waals surface area (Å²) >= 11 is 1.28. The lowest BCUT2D eigenvalue weighted by Gasteiger charge is -2.31. The fourth-order valence-electron chi connectivity index (χ4n) is 4.50. The van der Waals surface area contributed by atoms with Crippen LogP contribution in [0.15, 0.2) is 38.6 Å². The number of aryl methyl sites for hydroxylation is 1. The zero-order valence-corrected chi connectivity index (χ0v) is 20.3. The normalized spacial score (nSPS) is 16.0. The van der Waals surface area contributed by atoms with Crippen LogP contribution in [0, 0.1) is 11.8 Å². The van der Waals surface area contributed by atoms with Crippen LogP contribution in [0.2, 0.25) is 0 Å². The third kappa shape index (κ3) is 4.05. The van der Waals surface area contributed by atoms with Crippen molar-refractivity contribution >= 4 is 38.5 Å². The summed E-state index contributed by atoms with van der Waals surface area (Å²) in [6.07, 6.45) is 1.85. The van der Waals surface area contributed by atoms with Crippen LogP contribution in [0.4, 0.5) is 5.95 Å². The van der Waals surface area contributed by atoms with E-state index in [1.165, 1.54) is 15.9 Å². The molecule has 0 bridgehead atoms. The Labute approximate surface area is 204 Å². The molecule has 2 N–H and O–H groups in total. The molecule has 1 unspecified atom stereocenters. The minimum Gasteiger partial charge on any atom is -0.341 e. The number of aromatic nitrogens is 5. The Morgan fingerprint density at radius 3 is 2.74 bits per heavy atom. The fourth-order valence-corrected chi connectivity index (χ4v) is 5.49. The zero-order chi connectivity index (χ0) is 24.7. The first-order chi connectivity index (χ1) is 16.9. The molecule has 4 heterocycles. The molecule has 1 atom stereocenters. The molecule has 1 aliphatic rings. The predicted octanol–water partition coefficient (Wildman–Crippen LogP) is 0.866. The van der Waals surface area contributed by atoms with E-state index in [2.05, 4.69) is 21.7 Å². The topological polar surface area (TPSA) is 121 Å². The van der Waals surface area contributed by atoms with E-state index in [0.717, 1.165) is 28.7 Å². The summed E-state index contributed by atoms with van der Waals surface area (Å²) in [4.78, 5) is 50.3. The molecular weight excluding hydrogens is 466 g/mol. The second-order valence-electron chi connectivity index (χ2n) is 8.59. The molecule has 11 heteroatoms. The quantitative estimate of drug-likeness (QED) is 0.421. The molecule has 35 heavy (non-hydrogen) atoms. The van der Waals surface area contributed by atoms with Gasteiger partial charge in [0, 0.05) is 30.9 Å². The van der Waals surface area contributed by atoms with Crippen molar-refractivity contribution < 1.29 is 0 Å². The summed E-state index contributed by atoms with van der Waals surface area (Å²) in [5, 5.41) is 0.895. The molecule has 0 amide bonds. The summed E-state index contributed by atoms with van der Waals surface area (Å²) in [5.41, 5.74) is 5.38. The van der Waals surface area contributed by atoms with Crippen LogP contribution in [0.3, 0.4) is 0 Å². The first-order valence-corrected chi connectivity index (χ1v) is 12.2. The van der Waals surface area contributed by atoms with Gasteiger partial charge in [0.1, 0.15) is 5.01 Å². The highest BCUT2D eigenvalue weighted by Gasteiger charge is 2.26. The molecule has 1 aliphatic heterocycles. The van der Waals surface area contributed by atoms with E-state index in [9.17, 15) is 14.4 Å². The van der Waals surface area contributed by atoms with E-state index in [1.54, 1.807) is 30.7 Å².